The predicted molar refractivity (Wildman–Crippen MR) is 65.9 cm³/mol. The molecule has 1 nitrogen and oxygen atoms in total. The first-order valence-corrected chi connectivity index (χ1v) is 6.15. The van der Waals surface area contributed by atoms with Crippen molar-refractivity contribution in [1.82, 2.24) is 0 Å². The maximum Gasteiger partial charge on any atom is 0.131 e. The topological polar surface area (TPSA) is 20.2 Å². The fourth-order valence-electron chi connectivity index (χ4n) is 2.46. The largest absolute Gasteiger partial charge is 0.507 e. The second kappa shape index (κ2) is 4.48. The summed E-state index contributed by atoms with van der Waals surface area (Å²) in [5, 5.41) is 9.65. The number of phenols is 1. The maximum absolute atomic E-state index is 9.65. The van der Waals surface area contributed by atoms with Gasteiger partial charge in [-0.05, 0) is 42.9 Å². The number of benzene rings is 1. The molecule has 1 fully saturated rings. The van der Waals surface area contributed by atoms with E-state index in [0.717, 1.165) is 10.5 Å². The first kappa shape index (κ1) is 10.9. The van der Waals surface area contributed by atoms with Crippen molar-refractivity contribution in [3.63, 3.8) is 0 Å². The second-order valence-corrected chi connectivity index (χ2v) is 5.02. The third kappa shape index (κ3) is 2.31. The molecule has 0 heterocycles. The molecular formula is C13H18OS. The van der Waals surface area contributed by atoms with Crippen LogP contribution < -0.4 is 0 Å². The highest BCUT2D eigenvalue weighted by molar-refractivity contribution is 7.80. The summed E-state index contributed by atoms with van der Waals surface area (Å²) in [5.41, 5.74) is 2.30. The van der Waals surface area contributed by atoms with Crippen molar-refractivity contribution < 1.29 is 5.11 Å². The Morgan fingerprint density at radius 1 is 1.20 bits per heavy atom. The van der Waals surface area contributed by atoms with E-state index in [1.807, 2.05) is 13.0 Å². The fraction of sp³-hybridized carbons (Fsp3) is 0.538. The van der Waals surface area contributed by atoms with E-state index >= 15 is 0 Å². The van der Waals surface area contributed by atoms with Crippen LogP contribution in [0, 0.1) is 6.92 Å². The maximum atomic E-state index is 9.65. The molecule has 0 amide bonds. The van der Waals surface area contributed by atoms with Gasteiger partial charge in [-0.25, -0.2) is 0 Å². The van der Waals surface area contributed by atoms with E-state index in [9.17, 15) is 5.11 Å². The van der Waals surface area contributed by atoms with Gasteiger partial charge < -0.3 is 5.11 Å². The van der Waals surface area contributed by atoms with Crippen LogP contribution in [0.25, 0.3) is 0 Å². The van der Waals surface area contributed by atoms with Crippen LogP contribution in [0.3, 0.4) is 0 Å². The van der Waals surface area contributed by atoms with Crippen LogP contribution in [-0.2, 0) is 0 Å². The van der Waals surface area contributed by atoms with Crippen molar-refractivity contribution in [2.24, 2.45) is 0 Å². The molecular weight excluding hydrogens is 204 g/mol. The molecule has 2 heteroatoms. The van der Waals surface area contributed by atoms with Crippen molar-refractivity contribution in [3.05, 3.63) is 23.3 Å². The first-order chi connectivity index (χ1) is 7.18. The molecule has 0 unspecified atom stereocenters. The minimum Gasteiger partial charge on any atom is -0.507 e. The average molecular weight is 222 g/mol. The number of aromatic hydroxyl groups is 1. The number of thiol groups is 1. The molecule has 82 valence electrons. The molecule has 0 aliphatic heterocycles. The molecule has 15 heavy (non-hydrogen) atoms. The summed E-state index contributed by atoms with van der Waals surface area (Å²) in [7, 11) is 0. The molecule has 0 spiro atoms. The SMILES string of the molecule is Cc1cc(C2CCCCC2)cc(S)c1O. The summed E-state index contributed by atoms with van der Waals surface area (Å²) < 4.78 is 0. The Balaban J connectivity index is 2.27. The normalized spacial score (nSPS) is 18.0. The molecule has 1 N–H and O–H groups in total. The Hall–Kier alpha value is -0.630. The lowest BCUT2D eigenvalue weighted by atomic mass is 9.83. The Kier molecular flexibility index (Phi) is 3.25. The van der Waals surface area contributed by atoms with Gasteiger partial charge in [0.2, 0.25) is 0 Å². The van der Waals surface area contributed by atoms with Crippen LogP contribution in [0.4, 0.5) is 0 Å². The monoisotopic (exact) mass is 222 g/mol. The molecule has 0 radical (unpaired) electrons. The summed E-state index contributed by atoms with van der Waals surface area (Å²) in [4.78, 5) is 0.718. The van der Waals surface area contributed by atoms with Crippen LogP contribution in [-0.4, -0.2) is 5.11 Å². The highest BCUT2D eigenvalue weighted by Gasteiger charge is 2.17. The van der Waals surface area contributed by atoms with Crippen molar-refractivity contribution in [2.75, 3.05) is 0 Å². The van der Waals surface area contributed by atoms with Gasteiger partial charge in [-0.2, -0.15) is 0 Å². The molecule has 0 saturated heterocycles. The van der Waals surface area contributed by atoms with Crippen LogP contribution in [0.1, 0.15) is 49.1 Å². The minimum atomic E-state index is 0.331. The smallest absolute Gasteiger partial charge is 0.131 e. The first-order valence-electron chi connectivity index (χ1n) is 5.71. The number of aryl methyl sites for hydroxylation is 1. The second-order valence-electron chi connectivity index (χ2n) is 4.54. The van der Waals surface area contributed by atoms with Gasteiger partial charge in [-0.3, -0.25) is 0 Å². The summed E-state index contributed by atoms with van der Waals surface area (Å²) in [6.45, 7) is 1.95. The fourth-order valence-corrected chi connectivity index (χ4v) is 2.79. The summed E-state index contributed by atoms with van der Waals surface area (Å²) >= 11 is 4.31. The highest BCUT2D eigenvalue weighted by atomic mass is 32.1. The van der Waals surface area contributed by atoms with Gasteiger partial charge in [0.15, 0.2) is 0 Å². The highest BCUT2D eigenvalue weighted by Crippen LogP contribution is 2.36. The van der Waals surface area contributed by atoms with Gasteiger partial charge in [0.25, 0.3) is 0 Å². The van der Waals surface area contributed by atoms with Crippen molar-refractivity contribution >= 4 is 12.6 Å². The zero-order chi connectivity index (χ0) is 10.8. The van der Waals surface area contributed by atoms with Gasteiger partial charge in [-0.1, -0.05) is 25.3 Å². The van der Waals surface area contributed by atoms with E-state index in [2.05, 4.69) is 18.7 Å². The number of phenolic OH excluding ortho intramolecular Hbond substituents is 1. The Morgan fingerprint density at radius 2 is 1.87 bits per heavy atom. The van der Waals surface area contributed by atoms with Crippen molar-refractivity contribution in [1.29, 1.82) is 0 Å². The third-order valence-electron chi connectivity index (χ3n) is 3.38. The Labute approximate surface area is 96.9 Å². The predicted octanol–water partition coefficient (Wildman–Crippen LogP) is 4.04. The zero-order valence-electron chi connectivity index (χ0n) is 9.16. The molecule has 2 rings (SSSR count). The van der Waals surface area contributed by atoms with Crippen molar-refractivity contribution in [3.8, 4) is 5.75 Å². The van der Waals surface area contributed by atoms with Gasteiger partial charge in [0.05, 0.1) is 0 Å². The van der Waals surface area contributed by atoms with E-state index in [1.54, 1.807) is 0 Å². The Morgan fingerprint density at radius 3 is 2.47 bits per heavy atom. The standard InChI is InChI=1S/C13H18OS/c1-9-7-11(8-12(15)13(9)14)10-5-3-2-4-6-10/h7-8,10,14-15H,2-6H2,1H3. The molecule has 0 bridgehead atoms. The molecule has 1 aromatic carbocycles. The van der Waals surface area contributed by atoms with E-state index < -0.39 is 0 Å². The van der Waals surface area contributed by atoms with E-state index in [4.69, 9.17) is 0 Å². The molecule has 1 aliphatic rings. The molecule has 0 atom stereocenters. The number of hydrogen-bond donors (Lipinski definition) is 2. The number of hydrogen-bond acceptors (Lipinski definition) is 2. The molecule has 1 saturated carbocycles. The quantitative estimate of drug-likeness (QED) is 0.687. The lowest BCUT2D eigenvalue weighted by molar-refractivity contribution is 0.437. The number of rotatable bonds is 1. The summed E-state index contributed by atoms with van der Waals surface area (Å²) in [6.07, 6.45) is 6.63. The Bertz CT molecular complexity index is 331. The molecule has 1 aromatic rings. The van der Waals surface area contributed by atoms with Gasteiger partial charge >= 0.3 is 0 Å². The van der Waals surface area contributed by atoms with E-state index in [1.165, 1.54) is 37.7 Å². The van der Waals surface area contributed by atoms with Crippen LogP contribution >= 0.6 is 12.6 Å². The lowest BCUT2D eigenvalue weighted by Crippen LogP contribution is -2.04. The third-order valence-corrected chi connectivity index (χ3v) is 3.72. The van der Waals surface area contributed by atoms with Gasteiger partial charge in [0.1, 0.15) is 5.75 Å². The lowest BCUT2D eigenvalue weighted by Gasteiger charge is -2.22. The van der Waals surface area contributed by atoms with Crippen molar-refractivity contribution in [2.45, 2.75) is 49.8 Å². The van der Waals surface area contributed by atoms with Crippen LogP contribution in [0.5, 0.6) is 5.75 Å². The summed E-state index contributed by atoms with van der Waals surface area (Å²) in [6, 6.07) is 4.15. The van der Waals surface area contributed by atoms with E-state index in [0.29, 0.717) is 11.7 Å². The molecule has 0 aromatic heterocycles. The summed E-state index contributed by atoms with van der Waals surface area (Å²) in [5.74, 6) is 1.02. The zero-order valence-corrected chi connectivity index (χ0v) is 10.1. The van der Waals surface area contributed by atoms with E-state index in [-0.39, 0.29) is 0 Å². The van der Waals surface area contributed by atoms with Crippen LogP contribution in [0.2, 0.25) is 0 Å². The van der Waals surface area contributed by atoms with Gasteiger partial charge in [0, 0.05) is 4.90 Å². The van der Waals surface area contributed by atoms with Gasteiger partial charge in [-0.15, -0.1) is 12.6 Å². The van der Waals surface area contributed by atoms with Crippen LogP contribution in [0.15, 0.2) is 17.0 Å². The molecule has 1 aliphatic carbocycles. The minimum absolute atomic E-state index is 0.331. The average Bonchev–Trinajstić information content (AvgIpc) is 2.26.